The third-order valence-corrected chi connectivity index (χ3v) is 6.74. The van der Waals surface area contributed by atoms with Gasteiger partial charge in [-0.25, -0.2) is 14.4 Å². The van der Waals surface area contributed by atoms with Crippen molar-refractivity contribution in [2.45, 2.75) is 79.1 Å². The molecule has 9 nitrogen and oxygen atoms in total. The van der Waals surface area contributed by atoms with Gasteiger partial charge in [0, 0.05) is 0 Å². The van der Waals surface area contributed by atoms with Crippen molar-refractivity contribution in [3.8, 4) is 0 Å². The van der Waals surface area contributed by atoms with Gasteiger partial charge in [-0.05, 0) is 94.2 Å². The summed E-state index contributed by atoms with van der Waals surface area (Å²) in [5.74, 6) is -0.106. The molecule has 0 aliphatic heterocycles. The van der Waals surface area contributed by atoms with E-state index >= 15 is 0 Å². The Morgan fingerprint density at radius 2 is 1.28 bits per heavy atom. The molecular formula is C20H27Br2N3O6S. The molecule has 32 heavy (non-hydrogen) atoms. The van der Waals surface area contributed by atoms with Crippen molar-refractivity contribution >= 4 is 77.5 Å². The molecule has 0 unspecified atom stereocenters. The van der Waals surface area contributed by atoms with Gasteiger partial charge < -0.3 is 14.2 Å². The first-order chi connectivity index (χ1) is 14.3. The number of imide groups is 1. The van der Waals surface area contributed by atoms with Gasteiger partial charge in [0.2, 0.25) is 0 Å². The average molecular weight is 597 g/mol. The second kappa shape index (κ2) is 8.94. The topological polar surface area (TPSA) is 100.0 Å². The summed E-state index contributed by atoms with van der Waals surface area (Å²) >= 11 is 8.02. The molecule has 2 aromatic rings. The van der Waals surface area contributed by atoms with E-state index in [0.717, 1.165) is 4.68 Å². The fraction of sp³-hybridized carbons (Fsp3) is 0.600. The smallest absolute Gasteiger partial charge is 0.435 e. The molecule has 0 bridgehead atoms. The lowest BCUT2D eigenvalue weighted by atomic mass is 10.2. The highest BCUT2D eigenvalue weighted by molar-refractivity contribution is 9.13. The second-order valence-electron chi connectivity index (χ2n) is 9.88. The standard InChI is InChI=1S/C20H27Br2N3O6S/c1-18(2,3)29-15(26)24(16(27)30-19(4,5)6)14-12-11(10(21)13(22)32-12)25(23-14)17(28)31-20(7,8)9/h1-9H3. The molecule has 0 aliphatic rings. The molecule has 12 heteroatoms. The normalized spacial score (nSPS) is 12.6. The number of nitrogens with zero attached hydrogens (tertiary/aromatic N) is 3. The van der Waals surface area contributed by atoms with E-state index in [2.05, 4.69) is 37.0 Å². The molecule has 0 atom stereocenters. The van der Waals surface area contributed by atoms with Gasteiger partial charge >= 0.3 is 18.3 Å². The zero-order valence-electron chi connectivity index (χ0n) is 19.5. The van der Waals surface area contributed by atoms with Crippen molar-refractivity contribution < 1.29 is 28.6 Å². The number of ether oxygens (including phenoxy) is 3. The number of aromatic nitrogens is 2. The highest BCUT2D eigenvalue weighted by Crippen LogP contribution is 2.44. The molecular weight excluding hydrogens is 570 g/mol. The number of halogens is 2. The van der Waals surface area contributed by atoms with E-state index in [1.165, 1.54) is 11.3 Å². The van der Waals surface area contributed by atoms with Crippen LogP contribution < -0.4 is 4.90 Å². The second-order valence-corrected chi connectivity index (χ2v) is 13.0. The monoisotopic (exact) mass is 595 g/mol. The van der Waals surface area contributed by atoms with Crippen LogP contribution in [0.15, 0.2) is 8.26 Å². The average Bonchev–Trinajstić information content (AvgIpc) is 3.01. The quantitative estimate of drug-likeness (QED) is 0.324. The largest absolute Gasteiger partial charge is 0.443 e. The van der Waals surface area contributed by atoms with Crippen molar-refractivity contribution in [1.82, 2.24) is 9.78 Å². The van der Waals surface area contributed by atoms with Gasteiger partial charge in [-0.2, -0.15) is 9.58 Å². The molecule has 0 saturated heterocycles. The van der Waals surface area contributed by atoms with E-state index < -0.39 is 35.1 Å². The number of hydrogen-bond acceptors (Lipinski definition) is 8. The number of anilines is 1. The Morgan fingerprint density at radius 1 is 0.844 bits per heavy atom. The number of rotatable bonds is 1. The van der Waals surface area contributed by atoms with Gasteiger partial charge in [0.25, 0.3) is 0 Å². The Labute approximate surface area is 207 Å². The molecule has 0 saturated carbocycles. The SMILES string of the molecule is CC(C)(C)OC(=O)N(C(=O)OC(C)(C)C)c1nn(C(=O)OC(C)(C)C)c2c(Br)c(Br)sc12. The van der Waals surface area contributed by atoms with Crippen LogP contribution in [-0.4, -0.2) is 44.9 Å². The highest BCUT2D eigenvalue weighted by Gasteiger charge is 2.38. The maximum atomic E-state index is 13.0. The maximum absolute atomic E-state index is 13.0. The van der Waals surface area contributed by atoms with Crippen LogP contribution in [-0.2, 0) is 14.2 Å². The van der Waals surface area contributed by atoms with Gasteiger partial charge in [0.05, 0.1) is 8.26 Å². The van der Waals surface area contributed by atoms with Crippen LogP contribution in [0.4, 0.5) is 20.2 Å². The van der Waals surface area contributed by atoms with E-state index in [-0.39, 0.29) is 5.82 Å². The molecule has 2 heterocycles. The lowest BCUT2D eigenvalue weighted by Gasteiger charge is -2.27. The summed E-state index contributed by atoms with van der Waals surface area (Å²) in [6.45, 7) is 15.2. The molecule has 0 spiro atoms. The van der Waals surface area contributed by atoms with Crippen LogP contribution in [0.5, 0.6) is 0 Å². The molecule has 0 aliphatic carbocycles. The highest BCUT2D eigenvalue weighted by atomic mass is 79.9. The summed E-state index contributed by atoms with van der Waals surface area (Å²) in [5.41, 5.74) is -2.23. The Bertz CT molecular complexity index is 1030. The Morgan fingerprint density at radius 3 is 1.69 bits per heavy atom. The van der Waals surface area contributed by atoms with Crippen molar-refractivity contribution in [2.24, 2.45) is 0 Å². The Kier molecular flexibility index (Phi) is 7.43. The lowest BCUT2D eigenvalue weighted by molar-refractivity contribution is 0.0421. The maximum Gasteiger partial charge on any atom is 0.435 e. The molecule has 0 N–H and O–H groups in total. The van der Waals surface area contributed by atoms with Gasteiger partial charge in [-0.1, -0.05) is 0 Å². The molecule has 2 aromatic heterocycles. The van der Waals surface area contributed by atoms with E-state index in [0.29, 0.717) is 23.4 Å². The fourth-order valence-electron chi connectivity index (χ4n) is 2.35. The summed E-state index contributed by atoms with van der Waals surface area (Å²) in [4.78, 5) is 39.7. The predicted octanol–water partition coefficient (Wildman–Crippen LogP) is 7.08. The lowest BCUT2D eigenvalue weighted by Crippen LogP contribution is -2.44. The summed E-state index contributed by atoms with van der Waals surface area (Å²) < 4.78 is 18.8. The summed E-state index contributed by atoms with van der Waals surface area (Å²) in [6, 6.07) is 0. The fourth-order valence-corrected chi connectivity index (χ4v) is 4.64. The molecule has 2 amide bonds. The van der Waals surface area contributed by atoms with E-state index in [9.17, 15) is 14.4 Å². The van der Waals surface area contributed by atoms with Gasteiger partial charge in [-0.15, -0.1) is 16.4 Å². The van der Waals surface area contributed by atoms with E-state index in [1.807, 2.05) is 0 Å². The minimum atomic E-state index is -0.983. The number of fused-ring (bicyclic) bond motifs is 1. The number of carbonyl (C=O) groups is 3. The van der Waals surface area contributed by atoms with E-state index in [1.54, 1.807) is 62.3 Å². The van der Waals surface area contributed by atoms with E-state index in [4.69, 9.17) is 14.2 Å². The Hall–Kier alpha value is -1.66. The first-order valence-corrected chi connectivity index (χ1v) is 12.1. The number of amides is 2. The minimum absolute atomic E-state index is 0.106. The molecule has 2 rings (SSSR count). The van der Waals surface area contributed by atoms with Crippen LogP contribution in [0, 0.1) is 0 Å². The van der Waals surface area contributed by atoms with Crippen molar-refractivity contribution in [3.05, 3.63) is 8.26 Å². The Balaban J connectivity index is 2.72. The third-order valence-electron chi connectivity index (χ3n) is 3.33. The van der Waals surface area contributed by atoms with Crippen molar-refractivity contribution in [3.63, 3.8) is 0 Å². The number of hydrogen-bond donors (Lipinski definition) is 0. The first kappa shape index (κ1) is 26.6. The van der Waals surface area contributed by atoms with Crippen LogP contribution >= 0.6 is 43.2 Å². The van der Waals surface area contributed by atoms with Gasteiger partial charge in [0.1, 0.15) is 27.0 Å². The third kappa shape index (κ3) is 6.44. The van der Waals surface area contributed by atoms with Crippen LogP contribution in [0.25, 0.3) is 10.2 Å². The van der Waals surface area contributed by atoms with Crippen LogP contribution in [0.3, 0.4) is 0 Å². The first-order valence-electron chi connectivity index (χ1n) is 9.66. The van der Waals surface area contributed by atoms with Gasteiger partial charge in [0.15, 0.2) is 5.82 Å². The summed E-state index contributed by atoms with van der Waals surface area (Å²) in [7, 11) is 0. The molecule has 0 aromatic carbocycles. The van der Waals surface area contributed by atoms with Crippen LogP contribution in [0.2, 0.25) is 0 Å². The zero-order valence-corrected chi connectivity index (χ0v) is 23.4. The number of carbonyl (C=O) groups excluding carboxylic acids is 3. The summed E-state index contributed by atoms with van der Waals surface area (Å²) in [6.07, 6.45) is -2.74. The molecule has 0 fully saturated rings. The van der Waals surface area contributed by atoms with Gasteiger partial charge in [-0.3, -0.25) is 0 Å². The van der Waals surface area contributed by atoms with Crippen LogP contribution in [0.1, 0.15) is 62.3 Å². The number of thiophene rings is 1. The zero-order chi connectivity index (χ0) is 24.8. The summed E-state index contributed by atoms with van der Waals surface area (Å²) in [5, 5.41) is 4.26. The molecule has 178 valence electrons. The molecule has 0 radical (unpaired) electrons. The van der Waals surface area contributed by atoms with Crippen molar-refractivity contribution in [1.29, 1.82) is 0 Å². The van der Waals surface area contributed by atoms with Crippen molar-refractivity contribution in [2.75, 3.05) is 4.90 Å². The minimum Gasteiger partial charge on any atom is -0.443 e. The predicted molar refractivity (Wildman–Crippen MR) is 130 cm³/mol.